The SMILES string of the molecule is CN=CCCCCC(C)C. The molecule has 0 rings (SSSR count). The Hall–Kier alpha value is -0.330. The lowest BCUT2D eigenvalue weighted by atomic mass is 10.1. The molecule has 0 radical (unpaired) electrons. The van der Waals surface area contributed by atoms with Gasteiger partial charge >= 0.3 is 0 Å². The number of hydrogen-bond acceptors (Lipinski definition) is 1. The molecule has 0 aromatic heterocycles. The number of rotatable bonds is 5. The average Bonchev–Trinajstić information content (AvgIpc) is 1.87. The minimum absolute atomic E-state index is 0.860. The minimum atomic E-state index is 0.860. The molecule has 0 bridgehead atoms. The molecule has 0 aliphatic carbocycles. The van der Waals surface area contributed by atoms with E-state index in [0.29, 0.717) is 0 Å². The highest BCUT2D eigenvalue weighted by Crippen LogP contribution is 2.06. The number of aliphatic imine (C=N–C) groups is 1. The van der Waals surface area contributed by atoms with E-state index in [-0.39, 0.29) is 0 Å². The van der Waals surface area contributed by atoms with Crippen molar-refractivity contribution < 1.29 is 0 Å². The van der Waals surface area contributed by atoms with Gasteiger partial charge in [-0.2, -0.15) is 0 Å². The topological polar surface area (TPSA) is 12.4 Å². The van der Waals surface area contributed by atoms with Crippen molar-refractivity contribution in [1.82, 2.24) is 0 Å². The van der Waals surface area contributed by atoms with Gasteiger partial charge in [0.15, 0.2) is 0 Å². The molecule has 0 amide bonds. The molecule has 1 nitrogen and oxygen atoms in total. The fraction of sp³-hybridized carbons (Fsp3) is 0.889. The zero-order valence-corrected chi connectivity index (χ0v) is 7.43. The van der Waals surface area contributed by atoms with Gasteiger partial charge in [-0.05, 0) is 25.0 Å². The van der Waals surface area contributed by atoms with E-state index in [0.717, 1.165) is 12.3 Å². The van der Waals surface area contributed by atoms with Crippen LogP contribution in [0.15, 0.2) is 4.99 Å². The summed E-state index contributed by atoms with van der Waals surface area (Å²) in [5.74, 6) is 0.860. The number of unbranched alkanes of at least 4 members (excludes halogenated alkanes) is 2. The standard InChI is InChI=1S/C9H19N/c1-9(2)7-5-4-6-8-10-3/h8-9H,4-7H2,1-3H3. The van der Waals surface area contributed by atoms with Crippen LogP contribution in [0.4, 0.5) is 0 Å². The van der Waals surface area contributed by atoms with E-state index in [1.807, 2.05) is 13.3 Å². The van der Waals surface area contributed by atoms with E-state index in [9.17, 15) is 0 Å². The fourth-order valence-corrected chi connectivity index (χ4v) is 0.917. The molecular formula is C9H19N. The molecule has 0 N–H and O–H groups in total. The van der Waals surface area contributed by atoms with Gasteiger partial charge in [-0.25, -0.2) is 0 Å². The van der Waals surface area contributed by atoms with Gasteiger partial charge < -0.3 is 4.99 Å². The molecule has 0 atom stereocenters. The quantitative estimate of drug-likeness (QED) is 0.412. The van der Waals surface area contributed by atoms with Gasteiger partial charge in [0.05, 0.1) is 0 Å². The van der Waals surface area contributed by atoms with Crippen LogP contribution in [0, 0.1) is 5.92 Å². The Morgan fingerprint density at radius 1 is 1.30 bits per heavy atom. The predicted molar refractivity (Wildman–Crippen MR) is 47.7 cm³/mol. The van der Waals surface area contributed by atoms with Crippen molar-refractivity contribution in [3.63, 3.8) is 0 Å². The molecular weight excluding hydrogens is 122 g/mol. The van der Waals surface area contributed by atoms with E-state index >= 15 is 0 Å². The summed E-state index contributed by atoms with van der Waals surface area (Å²) in [6.45, 7) is 4.54. The van der Waals surface area contributed by atoms with Crippen LogP contribution in [0.2, 0.25) is 0 Å². The average molecular weight is 141 g/mol. The third-order valence-corrected chi connectivity index (χ3v) is 1.55. The highest BCUT2D eigenvalue weighted by molar-refractivity contribution is 5.56. The van der Waals surface area contributed by atoms with Gasteiger partial charge in [-0.3, -0.25) is 0 Å². The van der Waals surface area contributed by atoms with Crippen LogP contribution in [0.3, 0.4) is 0 Å². The van der Waals surface area contributed by atoms with E-state index in [2.05, 4.69) is 18.8 Å². The molecule has 0 aromatic rings. The summed E-state index contributed by atoms with van der Waals surface area (Å²) in [6, 6.07) is 0. The third kappa shape index (κ3) is 7.67. The highest BCUT2D eigenvalue weighted by Gasteiger charge is 1.91. The first-order valence-corrected chi connectivity index (χ1v) is 4.18. The lowest BCUT2D eigenvalue weighted by molar-refractivity contribution is 0.544. The second kappa shape index (κ2) is 6.79. The van der Waals surface area contributed by atoms with Crippen molar-refractivity contribution in [2.45, 2.75) is 39.5 Å². The monoisotopic (exact) mass is 141 g/mol. The molecule has 0 aliphatic heterocycles. The predicted octanol–water partition coefficient (Wildman–Crippen LogP) is 2.90. The smallest absolute Gasteiger partial charge is 0.0273 e. The number of hydrogen-bond donors (Lipinski definition) is 0. The van der Waals surface area contributed by atoms with Crippen LogP contribution < -0.4 is 0 Å². The normalized spacial score (nSPS) is 11.6. The van der Waals surface area contributed by atoms with E-state index < -0.39 is 0 Å². The Morgan fingerprint density at radius 2 is 2.00 bits per heavy atom. The van der Waals surface area contributed by atoms with Gasteiger partial charge in [-0.1, -0.05) is 26.7 Å². The maximum atomic E-state index is 3.93. The molecule has 0 unspecified atom stereocenters. The van der Waals surface area contributed by atoms with Gasteiger partial charge in [0, 0.05) is 7.05 Å². The summed E-state index contributed by atoms with van der Waals surface area (Å²) in [5.41, 5.74) is 0. The van der Waals surface area contributed by atoms with Crippen molar-refractivity contribution >= 4 is 6.21 Å². The highest BCUT2D eigenvalue weighted by atomic mass is 14.6. The molecule has 0 aliphatic rings. The van der Waals surface area contributed by atoms with Crippen molar-refractivity contribution in [3.05, 3.63) is 0 Å². The summed E-state index contributed by atoms with van der Waals surface area (Å²) >= 11 is 0. The Morgan fingerprint density at radius 3 is 2.50 bits per heavy atom. The van der Waals surface area contributed by atoms with Crippen molar-refractivity contribution in [2.24, 2.45) is 10.9 Å². The van der Waals surface area contributed by atoms with Crippen LogP contribution >= 0.6 is 0 Å². The van der Waals surface area contributed by atoms with Gasteiger partial charge in [0.2, 0.25) is 0 Å². The molecule has 1 heteroatoms. The zero-order chi connectivity index (χ0) is 7.82. The third-order valence-electron chi connectivity index (χ3n) is 1.55. The van der Waals surface area contributed by atoms with Crippen LogP contribution in [0.5, 0.6) is 0 Å². The van der Waals surface area contributed by atoms with E-state index in [1.165, 1.54) is 19.3 Å². The van der Waals surface area contributed by atoms with Crippen LogP contribution in [-0.4, -0.2) is 13.3 Å². The maximum absolute atomic E-state index is 3.93. The summed E-state index contributed by atoms with van der Waals surface area (Å²) in [6.07, 6.45) is 7.17. The summed E-state index contributed by atoms with van der Waals surface area (Å²) in [5, 5.41) is 0. The molecule has 0 saturated heterocycles. The van der Waals surface area contributed by atoms with Crippen LogP contribution in [0.1, 0.15) is 39.5 Å². The van der Waals surface area contributed by atoms with E-state index in [4.69, 9.17) is 0 Å². The largest absolute Gasteiger partial charge is 0.301 e. The molecule has 0 aromatic carbocycles. The zero-order valence-electron chi connectivity index (χ0n) is 7.43. The Kier molecular flexibility index (Phi) is 6.56. The minimum Gasteiger partial charge on any atom is -0.301 e. The lowest BCUT2D eigenvalue weighted by Gasteiger charge is -2.01. The van der Waals surface area contributed by atoms with Crippen molar-refractivity contribution in [3.8, 4) is 0 Å². The summed E-state index contributed by atoms with van der Waals surface area (Å²) < 4.78 is 0. The Bertz CT molecular complexity index is 84.7. The van der Waals surface area contributed by atoms with Crippen LogP contribution in [-0.2, 0) is 0 Å². The van der Waals surface area contributed by atoms with Gasteiger partial charge in [0.1, 0.15) is 0 Å². The Labute approximate surface area is 64.6 Å². The van der Waals surface area contributed by atoms with Crippen molar-refractivity contribution in [1.29, 1.82) is 0 Å². The first kappa shape index (κ1) is 9.67. The van der Waals surface area contributed by atoms with Crippen LogP contribution in [0.25, 0.3) is 0 Å². The molecule has 10 heavy (non-hydrogen) atoms. The first-order chi connectivity index (χ1) is 4.77. The molecule has 0 spiro atoms. The molecule has 0 heterocycles. The lowest BCUT2D eigenvalue weighted by Crippen LogP contribution is -1.86. The number of nitrogens with zero attached hydrogens (tertiary/aromatic N) is 1. The molecule has 60 valence electrons. The fourth-order valence-electron chi connectivity index (χ4n) is 0.917. The second-order valence-corrected chi connectivity index (χ2v) is 3.12. The van der Waals surface area contributed by atoms with E-state index in [1.54, 1.807) is 0 Å². The molecule has 0 saturated carbocycles. The summed E-state index contributed by atoms with van der Waals surface area (Å²) in [4.78, 5) is 3.93. The maximum Gasteiger partial charge on any atom is 0.0273 e. The Balaban J connectivity index is 2.91. The van der Waals surface area contributed by atoms with Gasteiger partial charge in [0.25, 0.3) is 0 Å². The first-order valence-electron chi connectivity index (χ1n) is 4.18. The molecule has 0 fully saturated rings. The van der Waals surface area contributed by atoms with Crippen molar-refractivity contribution in [2.75, 3.05) is 7.05 Å². The summed E-state index contributed by atoms with van der Waals surface area (Å²) in [7, 11) is 1.84. The second-order valence-electron chi connectivity index (χ2n) is 3.12. The van der Waals surface area contributed by atoms with Gasteiger partial charge in [-0.15, -0.1) is 0 Å².